The minimum absolute atomic E-state index is 0.203. The molecule has 2 nitrogen and oxygen atoms in total. The van der Waals surface area contributed by atoms with Gasteiger partial charge in [-0.05, 0) is 13.3 Å². The van der Waals surface area contributed by atoms with E-state index >= 15 is 0 Å². The predicted molar refractivity (Wildman–Crippen MR) is 51.4 cm³/mol. The molecule has 0 radical (unpaired) electrons. The first kappa shape index (κ1) is 9.22. The number of hydrogen-bond acceptors (Lipinski definition) is 2. The Bertz CT molecular complexity index is 244. The molecule has 0 aromatic heterocycles. The van der Waals surface area contributed by atoms with Gasteiger partial charge in [-0.15, -0.1) is 6.58 Å². The molecule has 2 fully saturated rings. The zero-order chi connectivity index (χ0) is 9.69. The van der Waals surface area contributed by atoms with Crippen LogP contribution in [0, 0.1) is 5.41 Å². The first-order valence-corrected chi connectivity index (χ1v) is 4.92. The summed E-state index contributed by atoms with van der Waals surface area (Å²) in [5.74, 6) is -0.234. The summed E-state index contributed by atoms with van der Waals surface area (Å²) in [7, 11) is 0. The minimum atomic E-state index is -0.234. The molecule has 2 rings (SSSR count). The molecule has 0 N–H and O–H groups in total. The van der Waals surface area contributed by atoms with Crippen molar-refractivity contribution in [3.8, 4) is 0 Å². The number of hydrogen-bond donors (Lipinski definition) is 0. The highest BCUT2D eigenvalue weighted by atomic mass is 16.8. The average molecular weight is 182 g/mol. The molecule has 0 unspecified atom stereocenters. The third kappa shape index (κ3) is 1.42. The van der Waals surface area contributed by atoms with Crippen molar-refractivity contribution in [3.63, 3.8) is 0 Å². The van der Waals surface area contributed by atoms with Gasteiger partial charge in [0.05, 0.1) is 6.61 Å². The molecule has 0 aliphatic carbocycles. The van der Waals surface area contributed by atoms with Gasteiger partial charge in [-0.25, -0.2) is 0 Å². The van der Waals surface area contributed by atoms with Gasteiger partial charge >= 0.3 is 0 Å². The smallest absolute Gasteiger partial charge is 0.196 e. The predicted octanol–water partition coefficient (Wildman–Crippen LogP) is 2.49. The van der Waals surface area contributed by atoms with Gasteiger partial charge < -0.3 is 9.47 Å². The van der Waals surface area contributed by atoms with Crippen molar-refractivity contribution in [1.82, 2.24) is 0 Å². The van der Waals surface area contributed by atoms with Gasteiger partial charge in [0, 0.05) is 11.8 Å². The van der Waals surface area contributed by atoms with Crippen LogP contribution in [0.4, 0.5) is 0 Å². The molecule has 2 aliphatic heterocycles. The van der Waals surface area contributed by atoms with Crippen LogP contribution in [0.5, 0.6) is 0 Å². The zero-order valence-corrected chi connectivity index (χ0v) is 8.72. The highest BCUT2D eigenvalue weighted by Gasteiger charge is 2.68. The van der Waals surface area contributed by atoms with Crippen LogP contribution >= 0.6 is 0 Å². The molecule has 0 bridgehead atoms. The van der Waals surface area contributed by atoms with E-state index in [0.717, 1.165) is 19.4 Å². The average Bonchev–Trinajstić information content (AvgIpc) is 2.69. The van der Waals surface area contributed by atoms with E-state index in [9.17, 15) is 0 Å². The largest absolute Gasteiger partial charge is 0.347 e. The first-order valence-electron chi connectivity index (χ1n) is 4.92. The summed E-state index contributed by atoms with van der Waals surface area (Å²) < 4.78 is 11.4. The molecule has 0 amide bonds. The topological polar surface area (TPSA) is 21.8 Å². The third-order valence-corrected chi connectivity index (χ3v) is 2.96. The lowest BCUT2D eigenvalue weighted by Gasteiger charge is -2.15. The van der Waals surface area contributed by atoms with Gasteiger partial charge in [0.2, 0.25) is 0 Å². The Morgan fingerprint density at radius 2 is 2.23 bits per heavy atom. The standard InChI is InChI=1S/C11H18O2/c1-8(2)5-6-11-9(13-11)10(3,4)7-12-11/h9H,1,5-7H2,2-4H3/t9-,11-/m0/s1. The van der Waals surface area contributed by atoms with Crippen LogP contribution in [-0.2, 0) is 9.47 Å². The van der Waals surface area contributed by atoms with Gasteiger partial charge in [0.15, 0.2) is 5.79 Å². The lowest BCUT2D eigenvalue weighted by atomic mass is 9.89. The molecular weight excluding hydrogens is 164 g/mol. The van der Waals surface area contributed by atoms with Crippen LogP contribution in [0.2, 0.25) is 0 Å². The molecule has 0 spiro atoms. The lowest BCUT2D eigenvalue weighted by Crippen LogP contribution is -2.19. The maximum absolute atomic E-state index is 5.72. The Hall–Kier alpha value is -0.340. The van der Waals surface area contributed by atoms with E-state index in [2.05, 4.69) is 20.4 Å². The van der Waals surface area contributed by atoms with E-state index in [0.29, 0.717) is 6.10 Å². The second kappa shape index (κ2) is 2.58. The molecule has 0 aromatic carbocycles. The lowest BCUT2D eigenvalue weighted by molar-refractivity contribution is -0.0676. The second-order valence-corrected chi connectivity index (χ2v) is 5.04. The molecule has 2 heterocycles. The molecule has 0 saturated carbocycles. The second-order valence-electron chi connectivity index (χ2n) is 5.04. The monoisotopic (exact) mass is 182 g/mol. The van der Waals surface area contributed by atoms with E-state index < -0.39 is 0 Å². The molecule has 0 aromatic rings. The Morgan fingerprint density at radius 3 is 2.62 bits per heavy atom. The number of epoxide rings is 1. The molecular formula is C11H18O2. The van der Waals surface area contributed by atoms with Crippen molar-refractivity contribution in [2.75, 3.05) is 6.61 Å². The number of fused-ring (bicyclic) bond motifs is 1. The van der Waals surface area contributed by atoms with Crippen molar-refractivity contribution in [1.29, 1.82) is 0 Å². The highest BCUT2D eigenvalue weighted by molar-refractivity contribution is 5.09. The summed E-state index contributed by atoms with van der Waals surface area (Å²) in [5, 5.41) is 0. The summed E-state index contributed by atoms with van der Waals surface area (Å²) >= 11 is 0. The van der Waals surface area contributed by atoms with Crippen molar-refractivity contribution < 1.29 is 9.47 Å². The Morgan fingerprint density at radius 1 is 1.54 bits per heavy atom. The van der Waals surface area contributed by atoms with Crippen molar-refractivity contribution >= 4 is 0 Å². The zero-order valence-electron chi connectivity index (χ0n) is 8.72. The van der Waals surface area contributed by atoms with Crippen LogP contribution in [-0.4, -0.2) is 18.5 Å². The van der Waals surface area contributed by atoms with Gasteiger partial charge in [-0.1, -0.05) is 19.4 Å². The van der Waals surface area contributed by atoms with Gasteiger partial charge in [0.1, 0.15) is 6.10 Å². The van der Waals surface area contributed by atoms with E-state index in [-0.39, 0.29) is 11.2 Å². The van der Waals surface area contributed by atoms with E-state index in [1.54, 1.807) is 0 Å². The Balaban J connectivity index is 1.93. The van der Waals surface area contributed by atoms with Crippen LogP contribution in [0.1, 0.15) is 33.6 Å². The first-order chi connectivity index (χ1) is 5.96. The van der Waals surface area contributed by atoms with E-state index in [4.69, 9.17) is 9.47 Å². The molecule has 13 heavy (non-hydrogen) atoms. The van der Waals surface area contributed by atoms with Gasteiger partial charge in [0.25, 0.3) is 0 Å². The van der Waals surface area contributed by atoms with Crippen LogP contribution in [0.3, 0.4) is 0 Å². The normalized spacial score (nSPS) is 40.1. The van der Waals surface area contributed by atoms with Crippen LogP contribution < -0.4 is 0 Å². The summed E-state index contributed by atoms with van der Waals surface area (Å²) in [4.78, 5) is 0. The highest BCUT2D eigenvalue weighted by Crippen LogP contribution is 2.57. The van der Waals surface area contributed by atoms with Crippen LogP contribution in [0.25, 0.3) is 0 Å². The number of rotatable bonds is 3. The van der Waals surface area contributed by atoms with Crippen LogP contribution in [0.15, 0.2) is 12.2 Å². The minimum Gasteiger partial charge on any atom is -0.347 e. The Labute approximate surface area is 79.9 Å². The van der Waals surface area contributed by atoms with Crippen molar-refractivity contribution in [2.45, 2.75) is 45.5 Å². The van der Waals surface area contributed by atoms with Crippen molar-refractivity contribution in [3.05, 3.63) is 12.2 Å². The maximum atomic E-state index is 5.72. The summed E-state index contributed by atoms with van der Waals surface area (Å²) in [6.07, 6.45) is 2.29. The number of ether oxygens (including phenoxy) is 2. The summed E-state index contributed by atoms with van der Waals surface area (Å²) in [5.41, 5.74) is 1.41. The quantitative estimate of drug-likeness (QED) is 0.494. The Kier molecular flexibility index (Phi) is 1.83. The fraction of sp³-hybridized carbons (Fsp3) is 0.818. The summed E-state index contributed by atoms with van der Waals surface area (Å²) in [6, 6.07) is 0. The fourth-order valence-electron chi connectivity index (χ4n) is 2.06. The fourth-order valence-corrected chi connectivity index (χ4v) is 2.06. The SMILES string of the molecule is C=C(C)CC[C@@]12OCC(C)(C)[C@@H]1O2. The molecule has 2 atom stereocenters. The van der Waals surface area contributed by atoms with Gasteiger partial charge in [-0.2, -0.15) is 0 Å². The molecule has 2 aliphatic rings. The summed E-state index contributed by atoms with van der Waals surface area (Å²) in [6.45, 7) is 11.2. The number of allylic oxidation sites excluding steroid dienone is 1. The molecule has 2 heteroatoms. The van der Waals surface area contributed by atoms with E-state index in [1.165, 1.54) is 5.57 Å². The molecule has 74 valence electrons. The van der Waals surface area contributed by atoms with Crippen molar-refractivity contribution in [2.24, 2.45) is 5.41 Å². The van der Waals surface area contributed by atoms with Gasteiger partial charge in [-0.3, -0.25) is 0 Å². The maximum Gasteiger partial charge on any atom is 0.196 e. The molecule has 2 saturated heterocycles. The third-order valence-electron chi connectivity index (χ3n) is 2.96. The van der Waals surface area contributed by atoms with E-state index in [1.807, 2.05) is 6.92 Å².